The summed E-state index contributed by atoms with van der Waals surface area (Å²) in [5.41, 5.74) is 1.71. The van der Waals surface area contributed by atoms with Gasteiger partial charge >= 0.3 is 6.18 Å². The van der Waals surface area contributed by atoms with Crippen LogP contribution >= 0.6 is 11.3 Å². The normalized spacial score (nSPS) is 14.4. The minimum Gasteiger partial charge on any atom is -0.331 e. The highest BCUT2D eigenvalue weighted by molar-refractivity contribution is 7.20. The molecule has 8 heteroatoms. The molecule has 0 saturated heterocycles. The van der Waals surface area contributed by atoms with Crippen molar-refractivity contribution in [2.45, 2.75) is 52.4 Å². The van der Waals surface area contributed by atoms with Crippen molar-refractivity contribution in [3.8, 4) is 0 Å². The number of carbonyl (C=O) groups is 1. The van der Waals surface area contributed by atoms with Crippen molar-refractivity contribution < 1.29 is 18.0 Å². The summed E-state index contributed by atoms with van der Waals surface area (Å²) in [6.45, 7) is 5.93. The third-order valence-corrected chi connectivity index (χ3v) is 6.33. The minimum atomic E-state index is -4.37. The lowest BCUT2D eigenvalue weighted by Crippen LogP contribution is -2.32. The highest BCUT2D eigenvalue weighted by atomic mass is 32.1. The van der Waals surface area contributed by atoms with Crippen LogP contribution in [0.3, 0.4) is 0 Å². The molecule has 152 valence electrons. The lowest BCUT2D eigenvalue weighted by atomic mass is 10.1. The molecule has 0 bridgehead atoms. The number of hydrogen-bond donors (Lipinski definition) is 0. The van der Waals surface area contributed by atoms with Crippen LogP contribution in [0, 0.1) is 20.8 Å². The van der Waals surface area contributed by atoms with Gasteiger partial charge in [0.15, 0.2) is 0 Å². The molecule has 0 unspecified atom stereocenters. The number of aryl methyl sites for hydroxylation is 3. The molecule has 0 N–H and O–H groups in total. The molecule has 0 aliphatic heterocycles. The van der Waals surface area contributed by atoms with Gasteiger partial charge in [0.1, 0.15) is 10.7 Å². The summed E-state index contributed by atoms with van der Waals surface area (Å²) < 4.78 is 38.4. The summed E-state index contributed by atoms with van der Waals surface area (Å²) in [5, 5.41) is 0.911. The van der Waals surface area contributed by atoms with Crippen LogP contribution in [0.15, 0.2) is 24.3 Å². The Morgan fingerprint density at radius 1 is 1.14 bits per heavy atom. The number of carbonyl (C=O) groups excluding carboxylic acids is 1. The van der Waals surface area contributed by atoms with Gasteiger partial charge in [0.05, 0.1) is 10.4 Å². The zero-order valence-corrected chi connectivity index (χ0v) is 17.1. The number of hydrogen-bond acceptors (Lipinski definition) is 4. The fourth-order valence-corrected chi connectivity index (χ4v) is 4.79. The van der Waals surface area contributed by atoms with Crippen molar-refractivity contribution in [1.29, 1.82) is 0 Å². The number of rotatable bonds is 4. The maximum atomic E-state index is 13.4. The van der Waals surface area contributed by atoms with Crippen molar-refractivity contribution in [3.05, 3.63) is 57.4 Å². The van der Waals surface area contributed by atoms with Gasteiger partial charge in [-0.2, -0.15) is 13.2 Å². The van der Waals surface area contributed by atoms with Gasteiger partial charge in [-0.25, -0.2) is 9.97 Å². The Morgan fingerprint density at radius 2 is 1.79 bits per heavy atom. The molecule has 4 nitrogen and oxygen atoms in total. The number of fused-ring (bicyclic) bond motifs is 1. The molecule has 0 spiro atoms. The highest BCUT2D eigenvalue weighted by Crippen LogP contribution is 2.36. The van der Waals surface area contributed by atoms with Crippen molar-refractivity contribution in [1.82, 2.24) is 14.9 Å². The molecular formula is C21H20F3N3OS. The Kier molecular flexibility index (Phi) is 4.85. The maximum Gasteiger partial charge on any atom is 0.416 e. The van der Waals surface area contributed by atoms with E-state index in [-0.39, 0.29) is 11.9 Å². The molecule has 29 heavy (non-hydrogen) atoms. The SMILES string of the molecule is Cc1nc(C)c2c(C)c(C(=O)N(Cc3ccc(C(F)(F)F)cc3)C3CC3)sc2n1. The molecule has 0 atom stereocenters. The summed E-state index contributed by atoms with van der Waals surface area (Å²) in [5.74, 6) is 0.573. The van der Waals surface area contributed by atoms with Gasteiger partial charge < -0.3 is 4.90 Å². The van der Waals surface area contributed by atoms with E-state index >= 15 is 0 Å². The Balaban J connectivity index is 1.64. The number of halogens is 3. The van der Waals surface area contributed by atoms with Gasteiger partial charge in [0.25, 0.3) is 5.91 Å². The Morgan fingerprint density at radius 3 is 2.38 bits per heavy atom. The Labute approximate surface area is 170 Å². The second-order valence-electron chi connectivity index (χ2n) is 7.45. The van der Waals surface area contributed by atoms with Crippen LogP contribution in [0.5, 0.6) is 0 Å². The summed E-state index contributed by atoms with van der Waals surface area (Å²) in [4.78, 5) is 25.4. The highest BCUT2D eigenvalue weighted by Gasteiger charge is 2.35. The first-order chi connectivity index (χ1) is 13.6. The van der Waals surface area contributed by atoms with Gasteiger partial charge in [-0.15, -0.1) is 11.3 Å². The lowest BCUT2D eigenvalue weighted by molar-refractivity contribution is -0.137. The van der Waals surface area contributed by atoms with Gasteiger partial charge in [-0.05, 0) is 56.9 Å². The van der Waals surface area contributed by atoms with E-state index in [1.807, 2.05) is 20.8 Å². The Bertz CT molecular complexity index is 1090. The number of thiophene rings is 1. The van der Waals surface area contributed by atoms with Gasteiger partial charge in [0, 0.05) is 23.7 Å². The number of benzene rings is 1. The molecule has 1 amide bonds. The third-order valence-electron chi connectivity index (χ3n) is 5.16. The van der Waals surface area contributed by atoms with Crippen LogP contribution < -0.4 is 0 Å². The van der Waals surface area contributed by atoms with Crippen LogP contribution in [0.25, 0.3) is 10.2 Å². The van der Waals surface area contributed by atoms with E-state index in [1.54, 1.807) is 4.90 Å². The number of amides is 1. The first kappa shape index (κ1) is 19.8. The molecule has 3 aromatic rings. The molecular weight excluding hydrogens is 399 g/mol. The quantitative estimate of drug-likeness (QED) is 0.566. The predicted molar refractivity (Wildman–Crippen MR) is 106 cm³/mol. The fourth-order valence-electron chi connectivity index (χ4n) is 3.56. The number of nitrogens with zero attached hydrogens (tertiary/aromatic N) is 3. The number of alkyl halides is 3. The van der Waals surface area contributed by atoms with Crippen LogP contribution in [0.1, 0.15) is 50.7 Å². The second-order valence-corrected chi connectivity index (χ2v) is 8.45. The zero-order chi connectivity index (χ0) is 20.9. The van der Waals surface area contributed by atoms with Gasteiger partial charge in [-0.3, -0.25) is 4.79 Å². The zero-order valence-electron chi connectivity index (χ0n) is 16.3. The Hall–Kier alpha value is -2.48. The number of aromatic nitrogens is 2. The third kappa shape index (κ3) is 3.85. The van der Waals surface area contributed by atoms with Crippen molar-refractivity contribution in [2.24, 2.45) is 0 Å². The molecule has 1 fully saturated rings. The monoisotopic (exact) mass is 419 g/mol. The van der Waals surface area contributed by atoms with E-state index in [9.17, 15) is 18.0 Å². The average Bonchev–Trinajstić information content (AvgIpc) is 3.42. The van der Waals surface area contributed by atoms with Crippen molar-refractivity contribution in [3.63, 3.8) is 0 Å². The molecule has 2 heterocycles. The predicted octanol–water partition coefficient (Wildman–Crippen LogP) is 5.44. The summed E-state index contributed by atoms with van der Waals surface area (Å²) >= 11 is 1.36. The van der Waals surface area contributed by atoms with Crippen molar-refractivity contribution >= 4 is 27.5 Å². The lowest BCUT2D eigenvalue weighted by Gasteiger charge is -2.22. The first-order valence-electron chi connectivity index (χ1n) is 9.36. The van der Waals surface area contributed by atoms with E-state index in [0.29, 0.717) is 22.8 Å². The van der Waals surface area contributed by atoms with Gasteiger partial charge in [-0.1, -0.05) is 12.1 Å². The van der Waals surface area contributed by atoms with E-state index < -0.39 is 11.7 Å². The van der Waals surface area contributed by atoms with Crippen LogP contribution in [-0.2, 0) is 12.7 Å². The van der Waals surface area contributed by atoms with Crippen LogP contribution in [0.4, 0.5) is 13.2 Å². The molecule has 1 aliphatic rings. The first-order valence-corrected chi connectivity index (χ1v) is 10.2. The van der Waals surface area contributed by atoms with E-state index in [0.717, 1.165) is 46.4 Å². The van der Waals surface area contributed by atoms with Crippen LogP contribution in [0.2, 0.25) is 0 Å². The van der Waals surface area contributed by atoms with Crippen molar-refractivity contribution in [2.75, 3.05) is 0 Å². The summed E-state index contributed by atoms with van der Waals surface area (Å²) in [6.07, 6.45) is -2.54. The largest absolute Gasteiger partial charge is 0.416 e. The summed E-state index contributed by atoms with van der Waals surface area (Å²) in [6, 6.07) is 5.15. The van der Waals surface area contributed by atoms with E-state index in [1.165, 1.54) is 23.5 Å². The molecule has 2 aromatic heterocycles. The van der Waals surface area contributed by atoms with Gasteiger partial charge in [0.2, 0.25) is 0 Å². The van der Waals surface area contributed by atoms with E-state index in [2.05, 4.69) is 9.97 Å². The average molecular weight is 419 g/mol. The summed E-state index contributed by atoms with van der Waals surface area (Å²) in [7, 11) is 0. The smallest absolute Gasteiger partial charge is 0.331 e. The van der Waals surface area contributed by atoms with Crippen LogP contribution in [-0.4, -0.2) is 26.8 Å². The molecule has 0 radical (unpaired) electrons. The molecule has 1 aliphatic carbocycles. The molecule has 1 aromatic carbocycles. The topological polar surface area (TPSA) is 46.1 Å². The molecule has 1 saturated carbocycles. The second kappa shape index (κ2) is 7.09. The minimum absolute atomic E-state index is 0.0926. The standard InChI is InChI=1S/C21H20F3N3OS/c1-11-17-12(2)25-13(3)26-19(17)29-18(11)20(28)27(16-8-9-16)10-14-4-6-15(7-5-14)21(22,23)24/h4-7,16H,8-10H2,1-3H3. The molecule has 4 rings (SSSR count). The van der Waals surface area contributed by atoms with E-state index in [4.69, 9.17) is 0 Å². The maximum absolute atomic E-state index is 13.4. The fraction of sp³-hybridized carbons (Fsp3) is 0.381.